The van der Waals surface area contributed by atoms with Crippen molar-refractivity contribution in [3.8, 4) is 0 Å². The quantitative estimate of drug-likeness (QED) is 0.881. The molecule has 1 aromatic carbocycles. The van der Waals surface area contributed by atoms with Crippen LogP contribution in [0.1, 0.15) is 30.4 Å². The molecule has 0 unspecified atom stereocenters. The van der Waals surface area contributed by atoms with Gasteiger partial charge in [0.15, 0.2) is 0 Å². The lowest BCUT2D eigenvalue weighted by Gasteiger charge is -2.27. The molecule has 0 aromatic heterocycles. The van der Waals surface area contributed by atoms with E-state index in [1.54, 1.807) is 4.90 Å². The highest BCUT2D eigenvalue weighted by molar-refractivity contribution is 5.79. The van der Waals surface area contributed by atoms with Crippen LogP contribution < -0.4 is 5.73 Å². The van der Waals surface area contributed by atoms with E-state index in [4.69, 9.17) is 5.73 Å². The molecule has 0 radical (unpaired) electrons. The van der Waals surface area contributed by atoms with Crippen LogP contribution in [0.15, 0.2) is 24.3 Å². The molecule has 6 nitrogen and oxygen atoms in total. The maximum absolute atomic E-state index is 12.9. The van der Waals surface area contributed by atoms with Crippen molar-refractivity contribution >= 4 is 11.9 Å². The van der Waals surface area contributed by atoms with E-state index < -0.39 is 0 Å². The van der Waals surface area contributed by atoms with E-state index >= 15 is 0 Å². The summed E-state index contributed by atoms with van der Waals surface area (Å²) in [6, 6.07) is 8.43. The van der Waals surface area contributed by atoms with Gasteiger partial charge in [0.1, 0.15) is 0 Å². The van der Waals surface area contributed by atoms with Gasteiger partial charge in [-0.25, -0.2) is 4.79 Å². The van der Waals surface area contributed by atoms with Gasteiger partial charge in [0.25, 0.3) is 0 Å². The van der Waals surface area contributed by atoms with Crippen molar-refractivity contribution in [3.05, 3.63) is 35.4 Å². The van der Waals surface area contributed by atoms with Gasteiger partial charge >= 0.3 is 6.03 Å². The summed E-state index contributed by atoms with van der Waals surface area (Å²) in [7, 11) is 0. The molecule has 0 atom stereocenters. The second-order valence-corrected chi connectivity index (χ2v) is 7.19. The number of hydrogen-bond donors (Lipinski definition) is 1. The van der Waals surface area contributed by atoms with Gasteiger partial charge in [-0.2, -0.15) is 0 Å². The van der Waals surface area contributed by atoms with E-state index in [9.17, 15) is 9.59 Å². The SMILES string of the molecule is Cc1ccc(CN(C(=O)CN2CCCN(C(N)=O)CC2)C2CC2)cc1. The Hall–Kier alpha value is -2.08. The van der Waals surface area contributed by atoms with Gasteiger partial charge in [0.2, 0.25) is 5.91 Å². The molecule has 136 valence electrons. The molecule has 25 heavy (non-hydrogen) atoms. The van der Waals surface area contributed by atoms with E-state index in [2.05, 4.69) is 36.1 Å². The maximum Gasteiger partial charge on any atom is 0.314 e. The van der Waals surface area contributed by atoms with Gasteiger partial charge in [-0.1, -0.05) is 29.8 Å². The number of aryl methyl sites for hydroxylation is 1. The second-order valence-electron chi connectivity index (χ2n) is 7.19. The molecule has 1 aromatic rings. The number of hydrogen-bond acceptors (Lipinski definition) is 3. The molecule has 0 bridgehead atoms. The lowest BCUT2D eigenvalue weighted by atomic mass is 10.1. The van der Waals surface area contributed by atoms with Gasteiger partial charge in [-0.05, 0) is 31.7 Å². The molecule has 3 rings (SSSR count). The van der Waals surface area contributed by atoms with Crippen molar-refractivity contribution in [3.63, 3.8) is 0 Å². The Kier molecular flexibility index (Phi) is 5.58. The molecule has 1 heterocycles. The lowest BCUT2D eigenvalue weighted by Crippen LogP contribution is -2.43. The number of benzene rings is 1. The third-order valence-electron chi connectivity index (χ3n) is 5.04. The van der Waals surface area contributed by atoms with E-state index in [1.165, 1.54) is 11.1 Å². The Morgan fingerprint density at radius 2 is 1.84 bits per heavy atom. The van der Waals surface area contributed by atoms with Crippen molar-refractivity contribution in [2.24, 2.45) is 5.73 Å². The average Bonchev–Trinajstić information content (AvgIpc) is 3.41. The highest BCUT2D eigenvalue weighted by Gasteiger charge is 2.33. The monoisotopic (exact) mass is 344 g/mol. The van der Waals surface area contributed by atoms with Gasteiger partial charge in [0.05, 0.1) is 6.54 Å². The number of amides is 3. The molecular formula is C19H28N4O2. The predicted molar refractivity (Wildman–Crippen MR) is 97.0 cm³/mol. The summed E-state index contributed by atoms with van der Waals surface area (Å²) in [6.07, 6.45) is 3.07. The number of rotatable bonds is 5. The first-order valence-electron chi connectivity index (χ1n) is 9.14. The van der Waals surface area contributed by atoms with Crippen molar-refractivity contribution in [2.75, 3.05) is 32.7 Å². The highest BCUT2D eigenvalue weighted by Crippen LogP contribution is 2.28. The third-order valence-corrected chi connectivity index (χ3v) is 5.04. The fourth-order valence-electron chi connectivity index (χ4n) is 3.33. The molecule has 1 aliphatic carbocycles. The molecular weight excluding hydrogens is 316 g/mol. The number of primary amides is 1. The standard InChI is InChI=1S/C19H28N4O2/c1-15-3-5-16(6-4-15)13-23(17-7-8-17)18(24)14-21-9-2-10-22(12-11-21)19(20)25/h3-6,17H,2,7-14H2,1H3,(H2,20,25). The summed E-state index contributed by atoms with van der Waals surface area (Å²) < 4.78 is 0. The molecule has 6 heteroatoms. The summed E-state index contributed by atoms with van der Waals surface area (Å²) in [4.78, 5) is 30.0. The Bertz CT molecular complexity index is 612. The lowest BCUT2D eigenvalue weighted by molar-refractivity contribution is -0.133. The average molecular weight is 344 g/mol. The fourth-order valence-corrected chi connectivity index (χ4v) is 3.33. The zero-order valence-corrected chi connectivity index (χ0v) is 15.0. The summed E-state index contributed by atoms with van der Waals surface area (Å²) in [5.74, 6) is 0.190. The fraction of sp³-hybridized carbons (Fsp3) is 0.579. The maximum atomic E-state index is 12.9. The van der Waals surface area contributed by atoms with Crippen molar-refractivity contribution in [2.45, 2.75) is 38.8 Å². The minimum absolute atomic E-state index is 0.190. The largest absolute Gasteiger partial charge is 0.351 e. The topological polar surface area (TPSA) is 69.9 Å². The van der Waals surface area contributed by atoms with Crippen molar-refractivity contribution in [1.29, 1.82) is 0 Å². The first kappa shape index (κ1) is 17.7. The van der Waals surface area contributed by atoms with Crippen LogP contribution in [0.3, 0.4) is 0 Å². The van der Waals surface area contributed by atoms with E-state index in [0.717, 1.165) is 25.8 Å². The van der Waals surface area contributed by atoms with E-state index in [-0.39, 0.29) is 11.9 Å². The number of carbonyl (C=O) groups is 2. The van der Waals surface area contributed by atoms with Gasteiger partial charge in [-0.3, -0.25) is 9.69 Å². The summed E-state index contributed by atoms with van der Waals surface area (Å²) in [6.45, 7) is 6.00. The third kappa shape index (κ3) is 4.95. The number of nitrogens with two attached hydrogens (primary N) is 1. The van der Waals surface area contributed by atoms with Gasteiger partial charge < -0.3 is 15.5 Å². The Labute approximate surface area is 149 Å². The number of carbonyl (C=O) groups excluding carboxylic acids is 2. The Morgan fingerprint density at radius 3 is 2.48 bits per heavy atom. The molecule has 0 spiro atoms. The van der Waals surface area contributed by atoms with Crippen LogP contribution >= 0.6 is 0 Å². The van der Waals surface area contributed by atoms with Gasteiger partial charge in [-0.15, -0.1) is 0 Å². The number of urea groups is 1. The van der Waals surface area contributed by atoms with Crippen molar-refractivity contribution < 1.29 is 9.59 Å². The molecule has 3 amide bonds. The Balaban J connectivity index is 1.57. The minimum Gasteiger partial charge on any atom is -0.351 e. The minimum atomic E-state index is -0.368. The molecule has 1 aliphatic heterocycles. The smallest absolute Gasteiger partial charge is 0.314 e. The van der Waals surface area contributed by atoms with E-state index in [1.807, 2.05) is 4.90 Å². The number of nitrogens with zero attached hydrogens (tertiary/aromatic N) is 3. The molecule has 2 aliphatic rings. The Morgan fingerprint density at radius 1 is 1.12 bits per heavy atom. The summed E-state index contributed by atoms with van der Waals surface area (Å²) in [5.41, 5.74) is 7.78. The summed E-state index contributed by atoms with van der Waals surface area (Å²) >= 11 is 0. The molecule has 2 N–H and O–H groups in total. The second kappa shape index (κ2) is 7.87. The van der Waals surface area contributed by atoms with Crippen LogP contribution in [-0.2, 0) is 11.3 Å². The highest BCUT2D eigenvalue weighted by atomic mass is 16.2. The summed E-state index contributed by atoms with van der Waals surface area (Å²) in [5, 5.41) is 0. The molecule has 1 saturated carbocycles. The first-order valence-corrected chi connectivity index (χ1v) is 9.14. The zero-order chi connectivity index (χ0) is 17.8. The van der Waals surface area contributed by atoms with Crippen LogP contribution in [0.2, 0.25) is 0 Å². The predicted octanol–water partition coefficient (Wildman–Crippen LogP) is 1.57. The van der Waals surface area contributed by atoms with Crippen LogP contribution in [0.4, 0.5) is 4.79 Å². The molecule has 1 saturated heterocycles. The van der Waals surface area contributed by atoms with Crippen molar-refractivity contribution in [1.82, 2.24) is 14.7 Å². The van der Waals surface area contributed by atoms with E-state index in [0.29, 0.717) is 38.8 Å². The normalized spacial score (nSPS) is 18.7. The zero-order valence-electron chi connectivity index (χ0n) is 15.0. The van der Waals surface area contributed by atoms with Gasteiger partial charge in [0, 0.05) is 38.8 Å². The van der Waals surface area contributed by atoms with Crippen LogP contribution in [0.5, 0.6) is 0 Å². The first-order chi connectivity index (χ1) is 12.0. The molecule has 2 fully saturated rings. The van der Waals surface area contributed by atoms with Crippen LogP contribution in [0.25, 0.3) is 0 Å². The van der Waals surface area contributed by atoms with Crippen LogP contribution in [-0.4, -0.2) is 65.4 Å². The van der Waals surface area contributed by atoms with Crippen LogP contribution in [0, 0.1) is 6.92 Å².